The van der Waals surface area contributed by atoms with Crippen molar-refractivity contribution in [2.45, 2.75) is 25.8 Å². The van der Waals surface area contributed by atoms with Crippen LogP contribution in [0.5, 0.6) is 0 Å². The Morgan fingerprint density at radius 2 is 1.90 bits per heavy atom. The summed E-state index contributed by atoms with van der Waals surface area (Å²) in [6.07, 6.45) is 2.88. The molecule has 4 heterocycles. The highest BCUT2D eigenvalue weighted by atomic mass is 16.5. The van der Waals surface area contributed by atoms with Gasteiger partial charge in [0.05, 0.1) is 25.2 Å². The minimum Gasteiger partial charge on any atom is -0.464 e. The molecule has 160 valence electrons. The van der Waals surface area contributed by atoms with E-state index in [4.69, 9.17) is 18.7 Å². The molecule has 3 aromatic rings. The highest BCUT2D eigenvalue weighted by molar-refractivity contribution is 6.04. The van der Waals surface area contributed by atoms with Crippen molar-refractivity contribution in [3.8, 4) is 0 Å². The van der Waals surface area contributed by atoms with Gasteiger partial charge in [0.15, 0.2) is 5.76 Å². The lowest BCUT2D eigenvalue weighted by molar-refractivity contribution is 0.0659. The Morgan fingerprint density at radius 3 is 2.58 bits per heavy atom. The summed E-state index contributed by atoms with van der Waals surface area (Å²) < 4.78 is 16.8. The maximum atomic E-state index is 13.1. The molecule has 2 aromatic heterocycles. The van der Waals surface area contributed by atoms with Gasteiger partial charge >= 0.3 is 5.91 Å². The number of anilines is 1. The number of hydrazone groups is 1. The van der Waals surface area contributed by atoms with Crippen molar-refractivity contribution in [2.24, 2.45) is 5.10 Å². The molecule has 0 radical (unpaired) electrons. The van der Waals surface area contributed by atoms with Crippen LogP contribution in [0.1, 0.15) is 47.0 Å². The lowest BCUT2D eigenvalue weighted by Gasteiger charge is -2.28. The molecule has 0 saturated carbocycles. The van der Waals surface area contributed by atoms with E-state index in [2.05, 4.69) is 29.2 Å². The summed E-state index contributed by atoms with van der Waals surface area (Å²) in [5.74, 6) is 1.62. The number of hydrogen-bond donors (Lipinski definition) is 0. The molecule has 31 heavy (non-hydrogen) atoms. The fraction of sp³-hybridized carbons (Fsp3) is 0.333. The number of carbonyl (C=O) groups is 1. The summed E-state index contributed by atoms with van der Waals surface area (Å²) in [7, 11) is 0. The first-order chi connectivity index (χ1) is 15.2. The maximum Gasteiger partial charge on any atom is 0.310 e. The van der Waals surface area contributed by atoms with Crippen LogP contribution < -0.4 is 4.90 Å². The van der Waals surface area contributed by atoms with Crippen LogP contribution in [0.2, 0.25) is 0 Å². The molecule has 1 atom stereocenters. The van der Waals surface area contributed by atoms with E-state index in [1.807, 2.05) is 19.1 Å². The summed E-state index contributed by atoms with van der Waals surface area (Å²) in [5.41, 5.74) is 3.02. The van der Waals surface area contributed by atoms with E-state index in [-0.39, 0.29) is 17.7 Å². The van der Waals surface area contributed by atoms with Gasteiger partial charge in [0.2, 0.25) is 0 Å². The first kappa shape index (κ1) is 19.6. The van der Waals surface area contributed by atoms with Crippen molar-refractivity contribution in [1.29, 1.82) is 0 Å². The lowest BCUT2D eigenvalue weighted by atomic mass is 10.0. The van der Waals surface area contributed by atoms with Gasteiger partial charge in [-0.2, -0.15) is 5.10 Å². The molecule has 7 nitrogen and oxygen atoms in total. The van der Waals surface area contributed by atoms with Crippen molar-refractivity contribution >= 4 is 17.3 Å². The second-order valence-electron chi connectivity index (χ2n) is 7.70. The average molecular weight is 419 g/mol. The summed E-state index contributed by atoms with van der Waals surface area (Å²) in [4.78, 5) is 15.4. The van der Waals surface area contributed by atoms with Crippen molar-refractivity contribution in [3.63, 3.8) is 0 Å². The van der Waals surface area contributed by atoms with Gasteiger partial charge in [0.1, 0.15) is 17.6 Å². The van der Waals surface area contributed by atoms with Gasteiger partial charge < -0.3 is 18.5 Å². The predicted octanol–water partition coefficient (Wildman–Crippen LogP) is 4.26. The standard InChI is InChI=1S/C24H25N3O4/c1-2-19-9-10-22(31-19)21-16-20(25-27(21)24(28)23-4-3-13-30-23)17-5-7-18(8-6-17)26-11-14-29-15-12-26/h3-10,13,21H,2,11-12,14-16H2,1H3. The number of amides is 1. The zero-order valence-corrected chi connectivity index (χ0v) is 17.5. The summed E-state index contributed by atoms with van der Waals surface area (Å²) >= 11 is 0. The topological polar surface area (TPSA) is 71.4 Å². The van der Waals surface area contributed by atoms with E-state index < -0.39 is 0 Å². The summed E-state index contributed by atoms with van der Waals surface area (Å²) in [6.45, 7) is 5.34. The van der Waals surface area contributed by atoms with E-state index in [1.54, 1.807) is 12.1 Å². The number of rotatable bonds is 5. The van der Waals surface area contributed by atoms with Gasteiger partial charge in [-0.05, 0) is 42.0 Å². The minimum atomic E-state index is -0.299. The van der Waals surface area contributed by atoms with Crippen LogP contribution in [-0.2, 0) is 11.2 Å². The molecule has 1 fully saturated rings. The van der Waals surface area contributed by atoms with Crippen LogP contribution in [0.4, 0.5) is 5.69 Å². The first-order valence-corrected chi connectivity index (χ1v) is 10.7. The first-order valence-electron chi connectivity index (χ1n) is 10.7. The number of furan rings is 2. The predicted molar refractivity (Wildman–Crippen MR) is 116 cm³/mol. The third-order valence-electron chi connectivity index (χ3n) is 5.79. The molecule has 7 heteroatoms. The Bertz CT molecular complexity index is 1060. The molecule has 1 unspecified atom stereocenters. The van der Waals surface area contributed by atoms with Gasteiger partial charge in [0, 0.05) is 31.6 Å². The molecule has 2 aliphatic rings. The third-order valence-corrected chi connectivity index (χ3v) is 5.79. The molecule has 1 aromatic carbocycles. The van der Waals surface area contributed by atoms with Crippen LogP contribution in [0.25, 0.3) is 0 Å². The summed E-state index contributed by atoms with van der Waals surface area (Å²) in [6, 6.07) is 15.3. The van der Waals surface area contributed by atoms with Gasteiger partial charge in [-0.15, -0.1) is 0 Å². The zero-order chi connectivity index (χ0) is 21.2. The minimum absolute atomic E-state index is 0.264. The average Bonchev–Trinajstić information content (AvgIpc) is 3.59. The molecule has 1 saturated heterocycles. The fourth-order valence-electron chi connectivity index (χ4n) is 4.06. The SMILES string of the molecule is CCc1ccc(C2CC(c3ccc(N4CCOCC4)cc3)=NN2C(=O)c2ccco2)o1. The summed E-state index contributed by atoms with van der Waals surface area (Å²) in [5, 5.41) is 6.18. The van der Waals surface area contributed by atoms with Crippen LogP contribution in [-0.4, -0.2) is 42.9 Å². The molecule has 2 aliphatic heterocycles. The van der Waals surface area contributed by atoms with Crippen molar-refractivity contribution < 1.29 is 18.4 Å². The van der Waals surface area contributed by atoms with Gasteiger partial charge in [-0.25, -0.2) is 5.01 Å². The van der Waals surface area contributed by atoms with Gasteiger partial charge in [0.25, 0.3) is 0 Å². The highest BCUT2D eigenvalue weighted by Crippen LogP contribution is 2.35. The molecule has 0 N–H and O–H groups in total. The fourth-order valence-corrected chi connectivity index (χ4v) is 4.06. The smallest absolute Gasteiger partial charge is 0.310 e. The number of aryl methyl sites for hydroxylation is 1. The van der Waals surface area contributed by atoms with Gasteiger partial charge in [-0.1, -0.05) is 19.1 Å². The molecule has 1 amide bonds. The third kappa shape index (κ3) is 3.88. The van der Waals surface area contributed by atoms with E-state index in [0.717, 1.165) is 55.5 Å². The molecule has 5 rings (SSSR count). The molecule has 0 bridgehead atoms. The van der Waals surface area contributed by atoms with E-state index in [0.29, 0.717) is 6.42 Å². The second kappa shape index (κ2) is 8.43. The Balaban J connectivity index is 1.42. The van der Waals surface area contributed by atoms with Crippen LogP contribution in [0, 0.1) is 0 Å². The number of hydrogen-bond acceptors (Lipinski definition) is 6. The van der Waals surface area contributed by atoms with Crippen LogP contribution in [0.3, 0.4) is 0 Å². The highest BCUT2D eigenvalue weighted by Gasteiger charge is 2.36. The molecular formula is C24H25N3O4. The normalized spacial score (nSPS) is 19.0. The lowest BCUT2D eigenvalue weighted by Crippen LogP contribution is -2.36. The van der Waals surface area contributed by atoms with Gasteiger partial charge in [-0.3, -0.25) is 4.79 Å². The van der Waals surface area contributed by atoms with E-state index >= 15 is 0 Å². The molecule has 0 spiro atoms. The Hall–Kier alpha value is -3.32. The van der Waals surface area contributed by atoms with Crippen molar-refractivity contribution in [1.82, 2.24) is 5.01 Å². The Labute approximate surface area is 180 Å². The number of nitrogens with zero attached hydrogens (tertiary/aromatic N) is 3. The van der Waals surface area contributed by atoms with E-state index in [1.165, 1.54) is 17.0 Å². The number of carbonyl (C=O) groups excluding carboxylic acids is 1. The largest absolute Gasteiger partial charge is 0.464 e. The number of ether oxygens (including phenoxy) is 1. The Kier molecular flexibility index (Phi) is 5.34. The zero-order valence-electron chi connectivity index (χ0n) is 17.5. The molecular weight excluding hydrogens is 394 g/mol. The number of benzene rings is 1. The van der Waals surface area contributed by atoms with E-state index in [9.17, 15) is 4.79 Å². The molecule has 0 aliphatic carbocycles. The van der Waals surface area contributed by atoms with Crippen molar-refractivity contribution in [3.05, 3.63) is 77.6 Å². The Morgan fingerprint density at radius 1 is 1.10 bits per heavy atom. The quantitative estimate of drug-likeness (QED) is 0.618. The van der Waals surface area contributed by atoms with Crippen LogP contribution >= 0.6 is 0 Å². The van der Waals surface area contributed by atoms with Crippen LogP contribution in [0.15, 0.2) is 68.7 Å². The second-order valence-corrected chi connectivity index (χ2v) is 7.70. The monoisotopic (exact) mass is 419 g/mol. The maximum absolute atomic E-state index is 13.1. The van der Waals surface area contributed by atoms with Crippen molar-refractivity contribution in [2.75, 3.05) is 31.2 Å². The number of morpholine rings is 1.